The van der Waals surface area contributed by atoms with Crippen molar-refractivity contribution in [3.8, 4) is 5.75 Å². The Morgan fingerprint density at radius 1 is 1.35 bits per heavy atom. The molecule has 108 valence electrons. The molecular formula is C17H23NO2. The molecule has 2 N–H and O–H groups in total. The standard InChI is InChI=1S/C17H23NO2/c1-20-17-7-6-12(13-10-15(13)18)9-14(17)16(19)8-11-4-2-3-5-11/h6-7,9,11,13,15H,2-5,8,10,18H2,1H3. The van der Waals surface area contributed by atoms with E-state index in [9.17, 15) is 4.79 Å². The Morgan fingerprint density at radius 2 is 2.05 bits per heavy atom. The van der Waals surface area contributed by atoms with Crippen LogP contribution in [-0.2, 0) is 0 Å². The van der Waals surface area contributed by atoms with Crippen molar-refractivity contribution in [3.05, 3.63) is 29.3 Å². The molecule has 2 unspecified atom stereocenters. The van der Waals surface area contributed by atoms with E-state index in [0.29, 0.717) is 24.0 Å². The molecule has 0 heterocycles. The van der Waals surface area contributed by atoms with Gasteiger partial charge in [-0.25, -0.2) is 0 Å². The third-order valence-electron chi connectivity index (χ3n) is 4.74. The molecule has 2 fully saturated rings. The Kier molecular flexibility index (Phi) is 3.79. The van der Waals surface area contributed by atoms with Gasteiger partial charge in [-0.3, -0.25) is 4.79 Å². The number of hydrogen-bond acceptors (Lipinski definition) is 3. The lowest BCUT2D eigenvalue weighted by Crippen LogP contribution is -2.09. The van der Waals surface area contributed by atoms with Gasteiger partial charge in [0.25, 0.3) is 0 Å². The van der Waals surface area contributed by atoms with Crippen molar-refractivity contribution < 1.29 is 9.53 Å². The normalized spacial score (nSPS) is 25.7. The molecule has 0 radical (unpaired) electrons. The molecule has 0 spiro atoms. The minimum absolute atomic E-state index is 0.227. The van der Waals surface area contributed by atoms with E-state index < -0.39 is 0 Å². The van der Waals surface area contributed by atoms with Crippen molar-refractivity contribution in [3.63, 3.8) is 0 Å². The number of methoxy groups -OCH3 is 1. The zero-order valence-electron chi connectivity index (χ0n) is 12.1. The van der Waals surface area contributed by atoms with E-state index >= 15 is 0 Å². The minimum atomic E-state index is 0.227. The molecule has 2 atom stereocenters. The summed E-state index contributed by atoms with van der Waals surface area (Å²) in [6, 6.07) is 6.24. The van der Waals surface area contributed by atoms with Crippen molar-refractivity contribution in [1.29, 1.82) is 0 Å². The molecule has 0 aromatic heterocycles. The molecule has 0 bridgehead atoms. The average molecular weight is 273 g/mol. The molecule has 1 aromatic carbocycles. The van der Waals surface area contributed by atoms with Gasteiger partial charge in [0.05, 0.1) is 12.7 Å². The van der Waals surface area contributed by atoms with Crippen LogP contribution in [-0.4, -0.2) is 18.9 Å². The lowest BCUT2D eigenvalue weighted by Gasteiger charge is -2.12. The van der Waals surface area contributed by atoms with Crippen molar-refractivity contribution in [2.75, 3.05) is 7.11 Å². The van der Waals surface area contributed by atoms with Gasteiger partial charge in [-0.2, -0.15) is 0 Å². The fourth-order valence-corrected chi connectivity index (χ4v) is 3.36. The number of benzene rings is 1. The summed E-state index contributed by atoms with van der Waals surface area (Å²) >= 11 is 0. The van der Waals surface area contributed by atoms with E-state index in [1.807, 2.05) is 18.2 Å². The molecular weight excluding hydrogens is 250 g/mol. The van der Waals surface area contributed by atoms with Crippen molar-refractivity contribution in [1.82, 2.24) is 0 Å². The first-order valence-electron chi connectivity index (χ1n) is 7.65. The highest BCUT2D eigenvalue weighted by Gasteiger charge is 2.35. The van der Waals surface area contributed by atoms with Crippen molar-refractivity contribution in [2.24, 2.45) is 11.7 Å². The second-order valence-electron chi connectivity index (χ2n) is 6.24. The predicted molar refractivity (Wildman–Crippen MR) is 79.2 cm³/mol. The molecule has 3 rings (SSSR count). The van der Waals surface area contributed by atoms with Gasteiger partial charge < -0.3 is 10.5 Å². The van der Waals surface area contributed by atoms with E-state index in [1.54, 1.807) is 7.11 Å². The Labute approximate surface area is 120 Å². The third-order valence-corrected chi connectivity index (χ3v) is 4.74. The number of Topliss-reactive ketones (excluding diaryl/α,β-unsaturated/α-hetero) is 1. The molecule has 2 aliphatic rings. The molecule has 0 amide bonds. The number of rotatable bonds is 5. The van der Waals surface area contributed by atoms with Crippen LogP contribution in [0.1, 0.15) is 60.4 Å². The zero-order chi connectivity index (χ0) is 14.1. The fraction of sp³-hybridized carbons (Fsp3) is 0.588. The average Bonchev–Trinajstić information content (AvgIpc) is 2.97. The summed E-state index contributed by atoms with van der Waals surface area (Å²) in [5.41, 5.74) is 7.85. The summed E-state index contributed by atoms with van der Waals surface area (Å²) in [4.78, 5) is 12.5. The number of carbonyl (C=O) groups excluding carboxylic acids is 1. The van der Waals surface area contributed by atoms with Gasteiger partial charge in [0.15, 0.2) is 5.78 Å². The van der Waals surface area contributed by atoms with Crippen LogP contribution < -0.4 is 10.5 Å². The van der Waals surface area contributed by atoms with Crippen LogP contribution in [0.25, 0.3) is 0 Å². The highest BCUT2D eigenvalue weighted by atomic mass is 16.5. The van der Waals surface area contributed by atoms with Gasteiger partial charge >= 0.3 is 0 Å². The Bertz CT molecular complexity index is 506. The summed E-state index contributed by atoms with van der Waals surface area (Å²) in [6.07, 6.45) is 6.62. The molecule has 20 heavy (non-hydrogen) atoms. The van der Waals surface area contributed by atoms with E-state index in [-0.39, 0.29) is 11.8 Å². The summed E-state index contributed by atoms with van der Waals surface area (Å²) in [5.74, 6) is 1.92. The Morgan fingerprint density at radius 3 is 2.65 bits per heavy atom. The first-order valence-corrected chi connectivity index (χ1v) is 7.65. The second kappa shape index (κ2) is 5.57. The van der Waals surface area contributed by atoms with E-state index in [1.165, 1.54) is 31.2 Å². The summed E-state index contributed by atoms with van der Waals surface area (Å²) in [5, 5.41) is 0. The lowest BCUT2D eigenvalue weighted by atomic mass is 9.95. The van der Waals surface area contributed by atoms with Gasteiger partial charge in [0.2, 0.25) is 0 Å². The second-order valence-corrected chi connectivity index (χ2v) is 6.24. The number of carbonyl (C=O) groups is 1. The summed E-state index contributed by atoms with van der Waals surface area (Å²) in [6.45, 7) is 0. The summed E-state index contributed by atoms with van der Waals surface area (Å²) < 4.78 is 5.36. The van der Waals surface area contributed by atoms with Crippen LogP contribution >= 0.6 is 0 Å². The maximum Gasteiger partial charge on any atom is 0.166 e. The fourth-order valence-electron chi connectivity index (χ4n) is 3.36. The van der Waals surface area contributed by atoms with Gasteiger partial charge in [-0.05, 0) is 30.0 Å². The Hall–Kier alpha value is -1.35. The SMILES string of the molecule is COc1ccc(C2CC2N)cc1C(=O)CC1CCCC1. The largest absolute Gasteiger partial charge is 0.496 e. The number of ketones is 1. The van der Waals surface area contributed by atoms with E-state index in [0.717, 1.165) is 12.0 Å². The third kappa shape index (κ3) is 2.73. The highest BCUT2D eigenvalue weighted by Crippen LogP contribution is 2.40. The maximum atomic E-state index is 12.5. The quantitative estimate of drug-likeness (QED) is 0.838. The topological polar surface area (TPSA) is 52.3 Å². The number of nitrogens with two attached hydrogens (primary N) is 1. The molecule has 3 heteroatoms. The van der Waals surface area contributed by atoms with E-state index in [2.05, 4.69) is 0 Å². The van der Waals surface area contributed by atoms with E-state index in [4.69, 9.17) is 10.5 Å². The lowest BCUT2D eigenvalue weighted by molar-refractivity contribution is 0.0959. The molecule has 2 aliphatic carbocycles. The van der Waals surface area contributed by atoms with Crippen LogP contribution in [0.2, 0.25) is 0 Å². The van der Waals surface area contributed by atoms with Gasteiger partial charge in [0.1, 0.15) is 5.75 Å². The minimum Gasteiger partial charge on any atom is -0.496 e. The molecule has 0 aliphatic heterocycles. The highest BCUT2D eigenvalue weighted by molar-refractivity contribution is 5.99. The van der Waals surface area contributed by atoms with Gasteiger partial charge in [-0.15, -0.1) is 0 Å². The number of ether oxygens (including phenoxy) is 1. The van der Waals surface area contributed by atoms with Crippen LogP contribution in [0.15, 0.2) is 18.2 Å². The molecule has 0 saturated heterocycles. The first-order chi connectivity index (χ1) is 9.69. The molecule has 1 aromatic rings. The number of hydrogen-bond donors (Lipinski definition) is 1. The zero-order valence-corrected chi connectivity index (χ0v) is 12.1. The first kappa shape index (κ1) is 13.6. The smallest absolute Gasteiger partial charge is 0.166 e. The molecule has 2 saturated carbocycles. The van der Waals surface area contributed by atoms with Crippen molar-refractivity contribution >= 4 is 5.78 Å². The van der Waals surface area contributed by atoms with Gasteiger partial charge in [-0.1, -0.05) is 31.7 Å². The predicted octanol–water partition coefficient (Wildman–Crippen LogP) is 3.27. The van der Waals surface area contributed by atoms with Crippen molar-refractivity contribution in [2.45, 2.75) is 50.5 Å². The van der Waals surface area contributed by atoms with Crippen LogP contribution in [0.3, 0.4) is 0 Å². The van der Waals surface area contributed by atoms with Gasteiger partial charge in [0, 0.05) is 18.4 Å². The Balaban J connectivity index is 1.79. The molecule has 3 nitrogen and oxygen atoms in total. The van der Waals surface area contributed by atoms with Crippen LogP contribution in [0.4, 0.5) is 0 Å². The summed E-state index contributed by atoms with van der Waals surface area (Å²) in [7, 11) is 1.63. The maximum absolute atomic E-state index is 12.5. The monoisotopic (exact) mass is 273 g/mol. The van der Waals surface area contributed by atoms with Crippen LogP contribution in [0.5, 0.6) is 5.75 Å². The van der Waals surface area contributed by atoms with Crippen LogP contribution in [0, 0.1) is 5.92 Å².